The fraction of sp³-hybridized carbons (Fsp3) is 0.435. The van der Waals surface area contributed by atoms with Crippen LogP contribution in [0.5, 0.6) is 0 Å². The molecule has 0 N–H and O–H groups in total. The second-order valence-corrected chi connectivity index (χ2v) is 9.12. The molecule has 9 heteroatoms. The van der Waals surface area contributed by atoms with Gasteiger partial charge in [0.25, 0.3) is 10.1 Å². The fourth-order valence-electron chi connectivity index (χ4n) is 3.43. The van der Waals surface area contributed by atoms with Crippen molar-refractivity contribution in [1.29, 1.82) is 0 Å². The SMILES string of the molecule is COC(=O)[C@@H](OS(C)(=O)=O)[C@@H]1C[C@@H](OCc2ccccc2)[C@@H](OCc2ccccc2)CO1. The van der Waals surface area contributed by atoms with Crippen molar-refractivity contribution >= 4 is 16.1 Å². The zero-order valence-electron chi connectivity index (χ0n) is 18.1. The number of hydrogen-bond donors (Lipinski definition) is 0. The second kappa shape index (κ2) is 11.5. The lowest BCUT2D eigenvalue weighted by Crippen LogP contribution is -2.51. The Morgan fingerprint density at radius 2 is 1.50 bits per heavy atom. The molecule has 1 saturated heterocycles. The summed E-state index contributed by atoms with van der Waals surface area (Å²) in [5, 5.41) is 0. The molecule has 0 saturated carbocycles. The monoisotopic (exact) mass is 464 g/mol. The molecule has 2 aromatic carbocycles. The molecule has 2 aromatic rings. The van der Waals surface area contributed by atoms with Gasteiger partial charge in [-0.05, 0) is 11.1 Å². The fourth-order valence-corrected chi connectivity index (χ4v) is 4.01. The Balaban J connectivity index is 1.72. The summed E-state index contributed by atoms with van der Waals surface area (Å²) in [5.74, 6) is -0.828. The van der Waals surface area contributed by atoms with Gasteiger partial charge in [-0.15, -0.1) is 0 Å². The van der Waals surface area contributed by atoms with Gasteiger partial charge in [-0.1, -0.05) is 60.7 Å². The number of carbonyl (C=O) groups is 1. The molecule has 174 valence electrons. The topological polar surface area (TPSA) is 97.4 Å². The van der Waals surface area contributed by atoms with E-state index in [1.807, 2.05) is 60.7 Å². The number of methoxy groups -OCH3 is 1. The highest BCUT2D eigenvalue weighted by atomic mass is 32.2. The maximum absolute atomic E-state index is 12.2. The van der Waals surface area contributed by atoms with E-state index in [0.29, 0.717) is 13.2 Å². The van der Waals surface area contributed by atoms with E-state index < -0.39 is 40.5 Å². The van der Waals surface area contributed by atoms with E-state index in [4.69, 9.17) is 23.1 Å². The van der Waals surface area contributed by atoms with Crippen LogP contribution in [0.25, 0.3) is 0 Å². The lowest BCUT2D eigenvalue weighted by molar-refractivity contribution is -0.194. The lowest BCUT2D eigenvalue weighted by Gasteiger charge is -2.37. The van der Waals surface area contributed by atoms with Crippen molar-refractivity contribution < 1.29 is 36.3 Å². The first-order chi connectivity index (χ1) is 15.4. The van der Waals surface area contributed by atoms with E-state index in [1.165, 1.54) is 7.11 Å². The van der Waals surface area contributed by atoms with Crippen LogP contribution in [0.4, 0.5) is 0 Å². The van der Waals surface area contributed by atoms with Crippen LogP contribution < -0.4 is 0 Å². The van der Waals surface area contributed by atoms with Gasteiger partial charge in [0.1, 0.15) is 6.10 Å². The second-order valence-electron chi connectivity index (χ2n) is 7.52. The number of hydrogen-bond acceptors (Lipinski definition) is 8. The van der Waals surface area contributed by atoms with Crippen molar-refractivity contribution in [2.75, 3.05) is 20.0 Å². The van der Waals surface area contributed by atoms with Gasteiger partial charge in [-0.25, -0.2) is 4.79 Å². The van der Waals surface area contributed by atoms with E-state index in [2.05, 4.69) is 0 Å². The van der Waals surface area contributed by atoms with Crippen LogP contribution in [0, 0.1) is 0 Å². The molecule has 0 bridgehead atoms. The van der Waals surface area contributed by atoms with E-state index in [9.17, 15) is 13.2 Å². The van der Waals surface area contributed by atoms with E-state index >= 15 is 0 Å². The first-order valence-electron chi connectivity index (χ1n) is 10.2. The first kappa shape index (κ1) is 24.3. The smallest absolute Gasteiger partial charge is 0.339 e. The highest BCUT2D eigenvalue weighted by Crippen LogP contribution is 2.26. The summed E-state index contributed by atoms with van der Waals surface area (Å²) in [6, 6.07) is 19.4. The van der Waals surface area contributed by atoms with Gasteiger partial charge in [0, 0.05) is 6.42 Å². The Hall–Kier alpha value is -2.30. The molecule has 1 fully saturated rings. The van der Waals surface area contributed by atoms with Crippen LogP contribution in [0.15, 0.2) is 60.7 Å². The van der Waals surface area contributed by atoms with Crippen LogP contribution >= 0.6 is 0 Å². The zero-order valence-corrected chi connectivity index (χ0v) is 18.9. The molecule has 1 aliphatic rings. The van der Waals surface area contributed by atoms with Crippen molar-refractivity contribution in [3.63, 3.8) is 0 Å². The maximum Gasteiger partial charge on any atom is 0.339 e. The van der Waals surface area contributed by atoms with Crippen LogP contribution in [0.1, 0.15) is 17.5 Å². The molecule has 0 aromatic heterocycles. The van der Waals surface area contributed by atoms with Gasteiger partial charge < -0.3 is 18.9 Å². The number of ether oxygens (including phenoxy) is 4. The van der Waals surface area contributed by atoms with Crippen molar-refractivity contribution in [3.8, 4) is 0 Å². The van der Waals surface area contributed by atoms with Gasteiger partial charge >= 0.3 is 5.97 Å². The van der Waals surface area contributed by atoms with Gasteiger partial charge in [-0.3, -0.25) is 4.18 Å². The number of rotatable bonds is 10. The Bertz CT molecular complexity index is 948. The zero-order chi connectivity index (χ0) is 23.0. The van der Waals surface area contributed by atoms with Crippen molar-refractivity contribution in [2.24, 2.45) is 0 Å². The Morgan fingerprint density at radius 1 is 0.969 bits per heavy atom. The summed E-state index contributed by atoms with van der Waals surface area (Å²) < 4.78 is 51.1. The maximum atomic E-state index is 12.2. The lowest BCUT2D eigenvalue weighted by atomic mass is 9.99. The van der Waals surface area contributed by atoms with Gasteiger partial charge in [-0.2, -0.15) is 8.42 Å². The molecule has 0 amide bonds. The van der Waals surface area contributed by atoms with Crippen molar-refractivity contribution in [2.45, 2.75) is 44.1 Å². The molecular weight excluding hydrogens is 436 g/mol. The molecule has 3 rings (SSSR count). The summed E-state index contributed by atoms with van der Waals surface area (Å²) in [7, 11) is -2.75. The molecule has 4 atom stereocenters. The minimum atomic E-state index is -3.91. The Kier molecular flexibility index (Phi) is 8.77. The predicted octanol–water partition coefficient (Wildman–Crippen LogP) is 2.46. The summed E-state index contributed by atoms with van der Waals surface area (Å²) in [4.78, 5) is 12.2. The molecule has 0 aliphatic carbocycles. The van der Waals surface area contributed by atoms with E-state index in [-0.39, 0.29) is 13.0 Å². The van der Waals surface area contributed by atoms with Crippen LogP contribution in [-0.2, 0) is 51.3 Å². The number of carbonyl (C=O) groups excluding carboxylic acids is 1. The van der Waals surface area contributed by atoms with Gasteiger partial charge in [0.2, 0.25) is 0 Å². The normalized spacial score (nSPS) is 22.2. The molecule has 1 heterocycles. The highest BCUT2D eigenvalue weighted by Gasteiger charge is 2.42. The quantitative estimate of drug-likeness (QED) is 0.391. The van der Waals surface area contributed by atoms with Crippen molar-refractivity contribution in [1.82, 2.24) is 0 Å². The first-order valence-corrected chi connectivity index (χ1v) is 12.1. The van der Waals surface area contributed by atoms with Crippen LogP contribution in [0.3, 0.4) is 0 Å². The molecule has 32 heavy (non-hydrogen) atoms. The molecule has 0 spiro atoms. The van der Waals surface area contributed by atoms with Gasteiger partial charge in [0.05, 0.1) is 45.4 Å². The average molecular weight is 465 g/mol. The summed E-state index contributed by atoms with van der Waals surface area (Å²) in [5.41, 5.74) is 1.98. The Morgan fingerprint density at radius 3 is 2.00 bits per heavy atom. The minimum Gasteiger partial charge on any atom is -0.467 e. The third kappa shape index (κ3) is 7.39. The highest BCUT2D eigenvalue weighted by molar-refractivity contribution is 7.86. The largest absolute Gasteiger partial charge is 0.467 e. The van der Waals surface area contributed by atoms with E-state index in [1.54, 1.807) is 0 Å². The third-order valence-electron chi connectivity index (χ3n) is 5.02. The minimum absolute atomic E-state index is 0.109. The van der Waals surface area contributed by atoms with Crippen LogP contribution in [-0.4, -0.2) is 58.8 Å². The predicted molar refractivity (Wildman–Crippen MR) is 116 cm³/mol. The number of esters is 1. The molecule has 0 unspecified atom stereocenters. The summed E-state index contributed by atoms with van der Waals surface area (Å²) in [6.07, 6.45) is -2.08. The molecule has 1 aliphatic heterocycles. The standard InChI is InChI=1S/C23H28O8S/c1-27-23(24)22(31-32(2,25)26)20-13-19(28-14-17-9-5-3-6-10-17)21(16-30-20)29-15-18-11-7-4-8-12-18/h3-12,19-22H,13-16H2,1-2H3/t19-,20+,21+,22+/m1/s1. The molecule has 8 nitrogen and oxygen atoms in total. The molecular formula is C23H28O8S. The van der Waals surface area contributed by atoms with Gasteiger partial charge in [0.15, 0.2) is 6.10 Å². The number of benzene rings is 2. The van der Waals surface area contributed by atoms with Crippen LogP contribution in [0.2, 0.25) is 0 Å². The summed E-state index contributed by atoms with van der Waals surface area (Å²) >= 11 is 0. The molecule has 0 radical (unpaired) electrons. The summed E-state index contributed by atoms with van der Waals surface area (Å²) in [6.45, 7) is 0.807. The van der Waals surface area contributed by atoms with Crippen molar-refractivity contribution in [3.05, 3.63) is 71.8 Å². The Labute approximate surface area is 188 Å². The third-order valence-corrected chi connectivity index (χ3v) is 5.57. The van der Waals surface area contributed by atoms with E-state index in [0.717, 1.165) is 17.4 Å². The average Bonchev–Trinajstić information content (AvgIpc) is 2.80.